The van der Waals surface area contributed by atoms with Gasteiger partial charge in [0, 0.05) is 30.4 Å². The molecule has 1 fully saturated rings. The molecule has 31 heavy (non-hydrogen) atoms. The molecule has 3 rings (SSSR count). The number of esters is 3. The Bertz CT molecular complexity index is 883. The van der Waals surface area contributed by atoms with Crippen LogP contribution in [0.25, 0.3) is 0 Å². The van der Waals surface area contributed by atoms with Gasteiger partial charge in [-0.3, -0.25) is 4.79 Å². The van der Waals surface area contributed by atoms with Gasteiger partial charge in [0.1, 0.15) is 18.5 Å². The number of hydrogen-bond acceptors (Lipinski definition) is 9. The molecule has 4 atom stereocenters. The molecule has 0 spiro atoms. The Hall–Kier alpha value is -2.49. The lowest BCUT2D eigenvalue weighted by molar-refractivity contribution is -0.238. The third-order valence-electron chi connectivity index (χ3n) is 5.91. The fourth-order valence-electron chi connectivity index (χ4n) is 4.08. The van der Waals surface area contributed by atoms with E-state index in [9.17, 15) is 19.5 Å². The maximum Gasteiger partial charge on any atom is 0.343 e. The van der Waals surface area contributed by atoms with Crippen LogP contribution in [0.5, 0.6) is 0 Å². The summed E-state index contributed by atoms with van der Waals surface area (Å²) in [5.74, 6) is -3.70. The molecule has 0 aliphatic carbocycles. The van der Waals surface area contributed by atoms with Crippen LogP contribution in [-0.2, 0) is 33.3 Å². The smallest absolute Gasteiger partial charge is 0.343 e. The molecular weight excluding hydrogens is 408 g/mol. The summed E-state index contributed by atoms with van der Waals surface area (Å²) < 4.78 is 22.2. The Labute approximate surface area is 180 Å². The zero-order valence-corrected chi connectivity index (χ0v) is 18.1. The van der Waals surface area contributed by atoms with Crippen molar-refractivity contribution >= 4 is 17.9 Å². The van der Waals surface area contributed by atoms with E-state index < -0.39 is 41.3 Å². The van der Waals surface area contributed by atoms with E-state index in [4.69, 9.17) is 24.1 Å². The minimum atomic E-state index is -1.44. The fraction of sp³-hybridized carbons (Fsp3) is 0.591. The zero-order chi connectivity index (χ0) is 23.0. The molecule has 9 nitrogen and oxygen atoms in total. The number of fused-ring (bicyclic) bond motifs is 3. The van der Waals surface area contributed by atoms with E-state index in [-0.39, 0.29) is 36.5 Å². The van der Waals surface area contributed by atoms with Crippen molar-refractivity contribution in [3.05, 3.63) is 34.6 Å². The molecule has 0 aromatic carbocycles. The van der Waals surface area contributed by atoms with Gasteiger partial charge in [0.2, 0.25) is 0 Å². The van der Waals surface area contributed by atoms with Crippen molar-refractivity contribution in [2.24, 2.45) is 5.92 Å². The van der Waals surface area contributed by atoms with E-state index in [0.29, 0.717) is 18.4 Å². The van der Waals surface area contributed by atoms with Crippen LogP contribution in [0.4, 0.5) is 0 Å². The molecule has 0 unspecified atom stereocenters. The minimum absolute atomic E-state index is 0.0728. The molecule has 1 saturated heterocycles. The Morgan fingerprint density at radius 3 is 2.68 bits per heavy atom. The lowest BCUT2D eigenvalue weighted by atomic mass is 9.86. The lowest BCUT2D eigenvalue weighted by Crippen LogP contribution is -2.40. The van der Waals surface area contributed by atoms with Crippen LogP contribution >= 0.6 is 0 Å². The number of ether oxygens (including phenoxy) is 4. The van der Waals surface area contributed by atoms with Gasteiger partial charge in [-0.15, -0.1) is 0 Å². The molecule has 3 aliphatic heterocycles. The van der Waals surface area contributed by atoms with Crippen LogP contribution in [0.15, 0.2) is 34.6 Å². The van der Waals surface area contributed by atoms with Crippen LogP contribution < -0.4 is 0 Å². The molecule has 2 N–H and O–H groups in total. The van der Waals surface area contributed by atoms with Crippen molar-refractivity contribution in [2.45, 2.75) is 64.4 Å². The van der Waals surface area contributed by atoms with Crippen LogP contribution in [0.1, 0.15) is 47.0 Å². The van der Waals surface area contributed by atoms with E-state index >= 15 is 0 Å². The highest BCUT2D eigenvalue weighted by Gasteiger charge is 2.52. The molecule has 9 heteroatoms. The second-order valence-electron chi connectivity index (χ2n) is 8.43. The fourth-order valence-corrected chi connectivity index (χ4v) is 4.08. The molecule has 3 heterocycles. The number of carbonyl (C=O) groups is 3. The largest absolute Gasteiger partial charge is 0.461 e. The first-order valence-corrected chi connectivity index (χ1v) is 10.2. The molecular formula is C22H28O9. The van der Waals surface area contributed by atoms with Crippen molar-refractivity contribution in [3.63, 3.8) is 0 Å². The standard InChI is InChI=1S/C22H28O9/c1-12(5-8-23)19(25)29-16-9-13(2)22(27)7-6-21(4,31-22)10-17-18(16)15(20(26)30-17)11-28-14(3)24/h5,10,13,16,23,27H,6-9,11H2,1-4H3/b12-5+,17-10?/t13-,16+,21-,22+/m1/s1. The van der Waals surface area contributed by atoms with Gasteiger partial charge in [-0.25, -0.2) is 9.59 Å². The molecule has 0 aromatic rings. The summed E-state index contributed by atoms with van der Waals surface area (Å²) in [5, 5.41) is 20.1. The molecule has 170 valence electrons. The van der Waals surface area contributed by atoms with Gasteiger partial charge in [0.15, 0.2) is 5.79 Å². The summed E-state index contributed by atoms with van der Waals surface area (Å²) in [4.78, 5) is 36.5. The Balaban J connectivity index is 2.10. The van der Waals surface area contributed by atoms with Crippen molar-refractivity contribution < 1.29 is 43.5 Å². The average Bonchev–Trinajstić information content (AvgIpc) is 3.15. The molecule has 0 saturated carbocycles. The highest BCUT2D eigenvalue weighted by molar-refractivity contribution is 5.96. The van der Waals surface area contributed by atoms with Crippen molar-refractivity contribution in [2.75, 3.05) is 13.2 Å². The van der Waals surface area contributed by atoms with Crippen molar-refractivity contribution in [3.8, 4) is 0 Å². The van der Waals surface area contributed by atoms with Crippen LogP contribution in [0.3, 0.4) is 0 Å². The second-order valence-corrected chi connectivity index (χ2v) is 8.43. The molecule has 3 aliphatic rings. The summed E-state index contributed by atoms with van der Waals surface area (Å²) in [6.07, 6.45) is 2.95. The highest BCUT2D eigenvalue weighted by atomic mass is 16.6. The second kappa shape index (κ2) is 8.57. The number of hydrogen-bond donors (Lipinski definition) is 2. The Kier molecular flexibility index (Phi) is 6.40. The van der Waals surface area contributed by atoms with Gasteiger partial charge in [0.05, 0.1) is 17.8 Å². The summed E-state index contributed by atoms with van der Waals surface area (Å²) in [5.41, 5.74) is -0.337. The maximum absolute atomic E-state index is 12.6. The Morgan fingerprint density at radius 2 is 2.03 bits per heavy atom. The van der Waals surface area contributed by atoms with Gasteiger partial charge >= 0.3 is 17.9 Å². The number of aliphatic hydroxyl groups excluding tert-OH is 1. The van der Waals surface area contributed by atoms with E-state index in [0.717, 1.165) is 0 Å². The predicted molar refractivity (Wildman–Crippen MR) is 106 cm³/mol. The third-order valence-corrected chi connectivity index (χ3v) is 5.91. The van der Waals surface area contributed by atoms with Gasteiger partial charge in [-0.05, 0) is 38.8 Å². The first kappa shape index (κ1) is 23.2. The third kappa shape index (κ3) is 4.73. The quantitative estimate of drug-likeness (QED) is 0.374. The molecule has 0 radical (unpaired) electrons. The first-order valence-electron chi connectivity index (χ1n) is 10.2. The summed E-state index contributed by atoms with van der Waals surface area (Å²) in [7, 11) is 0. The monoisotopic (exact) mass is 436 g/mol. The van der Waals surface area contributed by atoms with E-state index in [1.165, 1.54) is 19.9 Å². The van der Waals surface area contributed by atoms with Gasteiger partial charge in [-0.2, -0.15) is 0 Å². The number of carbonyl (C=O) groups excluding carboxylic acids is 3. The van der Waals surface area contributed by atoms with Crippen molar-refractivity contribution in [1.29, 1.82) is 0 Å². The SMILES string of the molecule is CC(=O)OCC1=C2C(=C[C@@]3(C)CC[C@](O)(O3)[C@H](C)C[C@@H]2OC(=O)/C(C)=C/CO)OC1=O. The minimum Gasteiger partial charge on any atom is -0.461 e. The normalized spacial score (nSPS) is 33.0. The maximum atomic E-state index is 12.6. The van der Waals surface area contributed by atoms with Crippen LogP contribution in [0, 0.1) is 5.92 Å². The average molecular weight is 436 g/mol. The van der Waals surface area contributed by atoms with E-state index in [2.05, 4.69) is 0 Å². The Morgan fingerprint density at radius 1 is 1.32 bits per heavy atom. The topological polar surface area (TPSA) is 129 Å². The van der Waals surface area contributed by atoms with E-state index in [1.54, 1.807) is 19.9 Å². The van der Waals surface area contributed by atoms with Crippen molar-refractivity contribution in [1.82, 2.24) is 0 Å². The van der Waals surface area contributed by atoms with Crippen LogP contribution in [0.2, 0.25) is 0 Å². The van der Waals surface area contributed by atoms with Gasteiger partial charge < -0.3 is 29.2 Å². The predicted octanol–water partition coefficient (Wildman–Crippen LogP) is 1.43. The van der Waals surface area contributed by atoms with Gasteiger partial charge in [0.25, 0.3) is 0 Å². The molecule has 2 bridgehead atoms. The van der Waals surface area contributed by atoms with E-state index in [1.807, 2.05) is 0 Å². The summed E-state index contributed by atoms with van der Waals surface area (Å²) in [6.45, 7) is 5.60. The summed E-state index contributed by atoms with van der Waals surface area (Å²) in [6, 6.07) is 0. The number of aliphatic hydroxyl groups is 2. The highest BCUT2D eigenvalue weighted by Crippen LogP contribution is 2.47. The summed E-state index contributed by atoms with van der Waals surface area (Å²) >= 11 is 0. The molecule has 0 amide bonds. The zero-order valence-electron chi connectivity index (χ0n) is 18.1. The number of rotatable bonds is 5. The van der Waals surface area contributed by atoms with Gasteiger partial charge in [-0.1, -0.05) is 6.92 Å². The molecule has 0 aromatic heterocycles. The lowest BCUT2D eigenvalue weighted by Gasteiger charge is -2.33. The first-order chi connectivity index (χ1) is 14.5. The van der Waals surface area contributed by atoms with Crippen LogP contribution in [-0.4, -0.2) is 58.8 Å².